The first-order valence-corrected chi connectivity index (χ1v) is 18.4. The van der Waals surface area contributed by atoms with Crippen LogP contribution in [0, 0.1) is 0 Å². The number of hydrogen-bond acceptors (Lipinski definition) is 6. The van der Waals surface area contributed by atoms with E-state index in [0.717, 1.165) is 65.9 Å². The summed E-state index contributed by atoms with van der Waals surface area (Å²) in [6.07, 6.45) is 0. The van der Waals surface area contributed by atoms with Gasteiger partial charge in [-0.05, 0) is 81.2 Å². The van der Waals surface area contributed by atoms with Crippen LogP contribution < -0.4 is 5.73 Å². The van der Waals surface area contributed by atoms with Crippen molar-refractivity contribution >= 4 is 80.7 Å². The third-order valence-corrected chi connectivity index (χ3v) is 11.4. The third kappa shape index (κ3) is 4.80. The Balaban J connectivity index is 1.21. The largest absolute Gasteiger partial charge is 0.456 e. The van der Waals surface area contributed by atoms with Crippen LogP contribution in [0.15, 0.2) is 162 Å². The Hall–Kier alpha value is -6.89. The molecule has 0 spiro atoms. The number of aromatic nitrogens is 3. The van der Waals surface area contributed by atoms with E-state index < -0.39 is 0 Å². The molecule has 6 heteroatoms. The van der Waals surface area contributed by atoms with Crippen LogP contribution in [-0.2, 0) is 0 Å². The van der Waals surface area contributed by atoms with Gasteiger partial charge in [0.2, 0.25) is 0 Å². The Bertz CT molecular complexity index is 3270. The molecule has 0 radical (unpaired) electrons. The van der Waals surface area contributed by atoms with Crippen molar-refractivity contribution in [3.8, 4) is 45.3 Å². The molecule has 53 heavy (non-hydrogen) atoms. The van der Waals surface area contributed by atoms with Crippen LogP contribution in [0.1, 0.15) is 0 Å². The summed E-state index contributed by atoms with van der Waals surface area (Å²) in [6, 6.07) is 54.7. The number of nitrogens with two attached hydrogens (primary N) is 1. The van der Waals surface area contributed by atoms with Gasteiger partial charge in [-0.25, -0.2) is 15.0 Å². The minimum Gasteiger partial charge on any atom is -0.456 e. The highest BCUT2D eigenvalue weighted by atomic mass is 32.1. The molecular formula is C47H28N4OS. The van der Waals surface area contributed by atoms with Gasteiger partial charge < -0.3 is 10.2 Å². The molecule has 0 atom stereocenters. The van der Waals surface area contributed by atoms with Gasteiger partial charge in [-0.15, -0.1) is 11.3 Å². The minimum atomic E-state index is 0.585. The zero-order valence-electron chi connectivity index (χ0n) is 28.2. The quantitative estimate of drug-likeness (QED) is 0.146. The van der Waals surface area contributed by atoms with Gasteiger partial charge in [0.05, 0.1) is 0 Å². The Morgan fingerprint density at radius 3 is 2.04 bits per heavy atom. The van der Waals surface area contributed by atoms with Gasteiger partial charge in [0.25, 0.3) is 0 Å². The van der Waals surface area contributed by atoms with E-state index in [9.17, 15) is 0 Å². The molecule has 0 bridgehead atoms. The number of anilines is 1. The average Bonchev–Trinajstić information content (AvgIpc) is 3.78. The zero-order chi connectivity index (χ0) is 35.0. The van der Waals surface area contributed by atoms with Crippen LogP contribution >= 0.6 is 11.3 Å². The van der Waals surface area contributed by atoms with Gasteiger partial charge in [-0.1, -0.05) is 109 Å². The van der Waals surface area contributed by atoms with Crippen LogP contribution in [0.5, 0.6) is 0 Å². The number of rotatable bonds is 4. The molecule has 0 saturated carbocycles. The van der Waals surface area contributed by atoms with Crippen LogP contribution in [-0.4, -0.2) is 15.0 Å². The molecule has 0 aliphatic heterocycles. The van der Waals surface area contributed by atoms with Gasteiger partial charge >= 0.3 is 0 Å². The highest BCUT2D eigenvalue weighted by molar-refractivity contribution is 7.25. The number of para-hydroxylation sites is 1. The minimum absolute atomic E-state index is 0.585. The van der Waals surface area contributed by atoms with E-state index in [4.69, 9.17) is 25.1 Å². The van der Waals surface area contributed by atoms with E-state index in [-0.39, 0.29) is 0 Å². The standard InChI is InChI=1S/C47H28N4OS/c48-31-11-7-10-28(23-31)38-24-30(25-39-32-12-2-1-9-27(32)19-21-33(38)39)46-49-45(29-20-22-35-34-13-4-6-18-42(34)53-43(35)26-29)50-47(51-46)37-15-8-17-41-44(37)36-14-3-5-16-40(36)52-41/h1-26H,48H2. The fourth-order valence-corrected chi connectivity index (χ4v) is 8.92. The molecular weight excluding hydrogens is 669 g/mol. The zero-order valence-corrected chi connectivity index (χ0v) is 29.1. The van der Waals surface area contributed by atoms with Crippen LogP contribution in [0.25, 0.3) is 109 Å². The summed E-state index contributed by atoms with van der Waals surface area (Å²) < 4.78 is 8.75. The van der Waals surface area contributed by atoms with Crippen LogP contribution in [0.2, 0.25) is 0 Å². The molecule has 0 saturated heterocycles. The van der Waals surface area contributed by atoms with Gasteiger partial charge in [0.15, 0.2) is 17.5 Å². The van der Waals surface area contributed by atoms with Crippen molar-refractivity contribution in [1.29, 1.82) is 0 Å². The van der Waals surface area contributed by atoms with Crippen molar-refractivity contribution in [1.82, 2.24) is 15.0 Å². The van der Waals surface area contributed by atoms with Crippen molar-refractivity contribution < 1.29 is 4.42 Å². The Kier molecular flexibility index (Phi) is 6.50. The van der Waals surface area contributed by atoms with Crippen molar-refractivity contribution in [3.63, 3.8) is 0 Å². The predicted octanol–water partition coefficient (Wildman–Crippen LogP) is 12.7. The lowest BCUT2D eigenvalue weighted by Crippen LogP contribution is -2.01. The molecule has 5 nitrogen and oxygen atoms in total. The maximum Gasteiger partial charge on any atom is 0.164 e. The molecule has 3 aromatic heterocycles. The number of hydrogen-bond donors (Lipinski definition) is 1. The second-order valence-corrected chi connectivity index (χ2v) is 14.5. The van der Waals surface area contributed by atoms with E-state index in [0.29, 0.717) is 23.2 Å². The fourth-order valence-electron chi connectivity index (χ4n) is 7.77. The number of nitrogens with zero attached hydrogens (tertiary/aromatic N) is 3. The Morgan fingerprint density at radius 2 is 1.13 bits per heavy atom. The molecule has 11 aromatic rings. The Morgan fingerprint density at radius 1 is 0.415 bits per heavy atom. The van der Waals surface area contributed by atoms with Gasteiger partial charge in [-0.2, -0.15) is 0 Å². The monoisotopic (exact) mass is 696 g/mol. The molecule has 2 N–H and O–H groups in total. The summed E-state index contributed by atoms with van der Waals surface area (Å²) in [5.74, 6) is 1.78. The molecule has 11 rings (SSSR count). The van der Waals surface area contributed by atoms with E-state index in [1.54, 1.807) is 11.3 Å². The second-order valence-electron chi connectivity index (χ2n) is 13.4. The number of thiophene rings is 1. The predicted molar refractivity (Wildman–Crippen MR) is 221 cm³/mol. The van der Waals surface area contributed by atoms with Gasteiger partial charge in [0.1, 0.15) is 11.2 Å². The summed E-state index contributed by atoms with van der Waals surface area (Å²) in [7, 11) is 0. The van der Waals surface area contributed by atoms with Crippen LogP contribution in [0.4, 0.5) is 5.69 Å². The van der Waals surface area contributed by atoms with Crippen molar-refractivity contribution in [3.05, 3.63) is 158 Å². The summed E-state index contributed by atoms with van der Waals surface area (Å²) in [4.78, 5) is 15.8. The summed E-state index contributed by atoms with van der Waals surface area (Å²) in [5.41, 5.74) is 13.5. The van der Waals surface area contributed by atoms with E-state index >= 15 is 0 Å². The van der Waals surface area contributed by atoms with Crippen molar-refractivity contribution in [2.45, 2.75) is 0 Å². The molecule has 0 amide bonds. The van der Waals surface area contributed by atoms with E-state index in [1.165, 1.54) is 25.6 Å². The van der Waals surface area contributed by atoms with E-state index in [2.05, 4.69) is 109 Å². The first kappa shape index (κ1) is 29.8. The molecule has 8 aromatic carbocycles. The SMILES string of the molecule is Nc1cccc(-c2cc(-c3nc(-c4ccc5c(c4)sc4ccccc45)nc(-c4cccc5oc6ccccc6c45)n3)cc3c2ccc2ccccc23)c1. The first-order valence-electron chi connectivity index (χ1n) is 17.5. The summed E-state index contributed by atoms with van der Waals surface area (Å²) in [5, 5.41) is 9.08. The highest BCUT2D eigenvalue weighted by Crippen LogP contribution is 2.41. The molecule has 3 heterocycles. The highest BCUT2D eigenvalue weighted by Gasteiger charge is 2.20. The number of benzene rings is 8. The lowest BCUT2D eigenvalue weighted by molar-refractivity contribution is 0.669. The molecule has 0 aliphatic carbocycles. The smallest absolute Gasteiger partial charge is 0.164 e. The summed E-state index contributed by atoms with van der Waals surface area (Å²) >= 11 is 1.79. The lowest BCUT2D eigenvalue weighted by atomic mass is 9.92. The molecule has 0 aliphatic rings. The normalized spacial score (nSPS) is 11.8. The molecule has 248 valence electrons. The van der Waals surface area contributed by atoms with Crippen molar-refractivity contribution in [2.24, 2.45) is 0 Å². The summed E-state index contributed by atoms with van der Waals surface area (Å²) in [6.45, 7) is 0. The van der Waals surface area contributed by atoms with E-state index in [1.807, 2.05) is 48.5 Å². The fraction of sp³-hybridized carbons (Fsp3) is 0. The average molecular weight is 697 g/mol. The second kappa shape index (κ2) is 11.6. The number of fused-ring (bicyclic) bond motifs is 9. The third-order valence-electron chi connectivity index (χ3n) is 10.2. The molecule has 0 unspecified atom stereocenters. The Labute approximate surface area is 307 Å². The maximum atomic E-state index is 6.35. The van der Waals surface area contributed by atoms with Gasteiger partial charge in [0, 0.05) is 53.3 Å². The molecule has 0 fully saturated rings. The van der Waals surface area contributed by atoms with Gasteiger partial charge in [-0.3, -0.25) is 0 Å². The lowest BCUT2D eigenvalue weighted by Gasteiger charge is -2.14. The van der Waals surface area contributed by atoms with Crippen LogP contribution in [0.3, 0.4) is 0 Å². The van der Waals surface area contributed by atoms with Crippen molar-refractivity contribution in [2.75, 3.05) is 5.73 Å². The number of furan rings is 1. The number of nitrogen functional groups attached to an aromatic ring is 1. The topological polar surface area (TPSA) is 77.8 Å². The first-order chi connectivity index (χ1) is 26.1. The maximum absolute atomic E-state index is 6.35.